The number of piperidine rings is 1. The maximum Gasteiger partial charge on any atom is 0.245 e. The van der Waals surface area contributed by atoms with Crippen molar-refractivity contribution < 1.29 is 4.79 Å². The maximum absolute atomic E-state index is 13.3. The molecule has 4 heterocycles. The fraction of sp³-hybridized carbons (Fsp3) is 0.680. The Morgan fingerprint density at radius 1 is 0.939 bits per heavy atom. The summed E-state index contributed by atoms with van der Waals surface area (Å²) < 4.78 is 0. The molecular weight excluding hydrogens is 414 g/mol. The first-order valence-electron chi connectivity index (χ1n) is 13.0. The zero-order valence-corrected chi connectivity index (χ0v) is 19.5. The van der Waals surface area contributed by atoms with E-state index in [2.05, 4.69) is 25.1 Å². The highest BCUT2D eigenvalue weighted by Gasteiger charge is 2.36. The standard InChI is InChI=1S/C25H35N7O/c33-23(31-13-4-1-5-14-31)21-12-7-15-32(21)25-28-19-11-6-10-18(19)22(30-25)29-24-26-16-20(27-24)17-8-2-3-9-17/h16-17,21H,1-15H2,(H2,26,27,28,29,30). The first-order chi connectivity index (χ1) is 16.3. The summed E-state index contributed by atoms with van der Waals surface area (Å²) in [7, 11) is 0. The van der Waals surface area contributed by atoms with Gasteiger partial charge < -0.3 is 20.1 Å². The number of aromatic amines is 1. The molecule has 176 valence electrons. The Hall–Kier alpha value is -2.64. The number of amides is 1. The SMILES string of the molecule is O=C(C1CCCN1c1nc2c(c(Nc3ncc(C4CCCC4)[nH]3)n1)CCC2)N1CCCCC1. The molecule has 4 aliphatic rings. The van der Waals surface area contributed by atoms with Gasteiger partial charge in [-0.2, -0.15) is 4.98 Å². The number of aromatic nitrogens is 4. The highest BCUT2D eigenvalue weighted by atomic mass is 16.2. The van der Waals surface area contributed by atoms with Gasteiger partial charge in [-0.25, -0.2) is 9.97 Å². The number of nitrogens with zero attached hydrogens (tertiary/aromatic N) is 5. The van der Waals surface area contributed by atoms with Gasteiger partial charge in [0.2, 0.25) is 17.8 Å². The van der Waals surface area contributed by atoms with Crippen molar-refractivity contribution in [2.45, 2.75) is 89.0 Å². The number of fused-ring (bicyclic) bond motifs is 1. The van der Waals surface area contributed by atoms with Gasteiger partial charge in [0.1, 0.15) is 11.9 Å². The highest BCUT2D eigenvalue weighted by Crippen LogP contribution is 2.35. The molecular formula is C25H35N7O. The summed E-state index contributed by atoms with van der Waals surface area (Å²) in [5, 5.41) is 3.48. The van der Waals surface area contributed by atoms with Gasteiger partial charge in [-0.1, -0.05) is 12.8 Å². The predicted molar refractivity (Wildman–Crippen MR) is 128 cm³/mol. The summed E-state index contributed by atoms with van der Waals surface area (Å²) in [5.41, 5.74) is 3.56. The Bertz CT molecular complexity index is 1010. The number of nitrogens with one attached hydrogen (secondary N) is 2. The van der Waals surface area contributed by atoms with Gasteiger partial charge in [-0.05, 0) is 64.2 Å². The summed E-state index contributed by atoms with van der Waals surface area (Å²) in [5.74, 6) is 3.19. The van der Waals surface area contributed by atoms with Crippen LogP contribution in [0, 0.1) is 0 Å². The normalized spacial score (nSPS) is 23.3. The zero-order valence-electron chi connectivity index (χ0n) is 19.5. The number of carbonyl (C=O) groups is 1. The molecule has 8 heteroatoms. The van der Waals surface area contributed by atoms with Crippen LogP contribution in [0.2, 0.25) is 0 Å². The molecule has 1 atom stereocenters. The number of hydrogen-bond acceptors (Lipinski definition) is 6. The third-order valence-electron chi connectivity index (χ3n) is 8.01. The molecule has 2 aromatic heterocycles. The van der Waals surface area contributed by atoms with E-state index in [1.807, 2.05) is 6.20 Å². The quantitative estimate of drug-likeness (QED) is 0.715. The van der Waals surface area contributed by atoms with E-state index in [4.69, 9.17) is 9.97 Å². The van der Waals surface area contributed by atoms with E-state index in [1.54, 1.807) is 0 Å². The summed E-state index contributed by atoms with van der Waals surface area (Å²) in [6.07, 6.45) is 15.5. The van der Waals surface area contributed by atoms with E-state index in [-0.39, 0.29) is 11.9 Å². The van der Waals surface area contributed by atoms with Crippen LogP contribution in [-0.2, 0) is 17.6 Å². The van der Waals surface area contributed by atoms with Crippen LogP contribution in [0.25, 0.3) is 0 Å². The lowest BCUT2D eigenvalue weighted by molar-refractivity contribution is -0.133. The second-order valence-electron chi connectivity index (χ2n) is 10.2. The van der Waals surface area contributed by atoms with Crippen LogP contribution in [-0.4, -0.2) is 56.4 Å². The van der Waals surface area contributed by atoms with Crippen molar-refractivity contribution in [1.82, 2.24) is 24.8 Å². The Balaban J connectivity index is 1.25. The zero-order chi connectivity index (χ0) is 22.2. The average Bonchev–Trinajstić information content (AvgIpc) is 3.65. The van der Waals surface area contributed by atoms with Crippen LogP contribution < -0.4 is 10.2 Å². The highest BCUT2D eigenvalue weighted by molar-refractivity contribution is 5.85. The number of H-pyrrole nitrogens is 1. The lowest BCUT2D eigenvalue weighted by Crippen LogP contribution is -2.48. The summed E-state index contributed by atoms with van der Waals surface area (Å²) >= 11 is 0. The van der Waals surface area contributed by atoms with Gasteiger partial charge in [0.25, 0.3) is 0 Å². The molecule has 2 N–H and O–H groups in total. The molecule has 1 unspecified atom stereocenters. The molecule has 0 radical (unpaired) electrons. The van der Waals surface area contributed by atoms with E-state index in [9.17, 15) is 4.79 Å². The van der Waals surface area contributed by atoms with Crippen LogP contribution in [0.5, 0.6) is 0 Å². The second-order valence-corrected chi connectivity index (χ2v) is 10.2. The minimum atomic E-state index is -0.131. The average molecular weight is 450 g/mol. The Morgan fingerprint density at radius 2 is 1.79 bits per heavy atom. The van der Waals surface area contributed by atoms with Crippen LogP contribution in [0.15, 0.2) is 6.20 Å². The maximum atomic E-state index is 13.3. The van der Waals surface area contributed by atoms with E-state index in [1.165, 1.54) is 43.4 Å². The molecule has 3 fully saturated rings. The number of likely N-dealkylation sites (tertiary alicyclic amines) is 1. The van der Waals surface area contributed by atoms with Crippen molar-refractivity contribution in [1.29, 1.82) is 0 Å². The summed E-state index contributed by atoms with van der Waals surface area (Å²) in [6, 6.07) is -0.131. The van der Waals surface area contributed by atoms with Gasteiger partial charge in [-0.3, -0.25) is 4.79 Å². The third kappa shape index (κ3) is 4.08. The number of anilines is 3. The fourth-order valence-corrected chi connectivity index (χ4v) is 6.19. The molecule has 0 aromatic carbocycles. The van der Waals surface area contributed by atoms with E-state index < -0.39 is 0 Å². The van der Waals surface area contributed by atoms with Crippen molar-refractivity contribution in [2.24, 2.45) is 0 Å². The van der Waals surface area contributed by atoms with Gasteiger partial charge in [0.15, 0.2) is 0 Å². The molecule has 0 spiro atoms. The van der Waals surface area contributed by atoms with Crippen LogP contribution in [0.4, 0.5) is 17.7 Å². The molecule has 1 saturated carbocycles. The third-order valence-corrected chi connectivity index (χ3v) is 8.01. The molecule has 2 aliphatic carbocycles. The van der Waals surface area contributed by atoms with Crippen LogP contribution in [0.1, 0.15) is 87.1 Å². The van der Waals surface area contributed by atoms with Crippen LogP contribution in [0.3, 0.4) is 0 Å². The molecule has 6 rings (SSSR count). The summed E-state index contributed by atoms with van der Waals surface area (Å²) in [4.78, 5) is 35.6. The minimum Gasteiger partial charge on any atom is -0.341 e. The lowest BCUT2D eigenvalue weighted by Gasteiger charge is -2.32. The van der Waals surface area contributed by atoms with Crippen molar-refractivity contribution in [3.8, 4) is 0 Å². The van der Waals surface area contributed by atoms with Crippen molar-refractivity contribution >= 4 is 23.6 Å². The molecule has 8 nitrogen and oxygen atoms in total. The smallest absolute Gasteiger partial charge is 0.245 e. The number of aryl methyl sites for hydroxylation is 1. The Kier molecular flexibility index (Phi) is 5.68. The first-order valence-corrected chi connectivity index (χ1v) is 13.0. The van der Waals surface area contributed by atoms with Crippen molar-refractivity contribution in [3.05, 3.63) is 23.1 Å². The Morgan fingerprint density at radius 3 is 2.64 bits per heavy atom. The molecule has 2 aromatic rings. The molecule has 2 saturated heterocycles. The molecule has 2 aliphatic heterocycles. The molecule has 1 amide bonds. The first kappa shape index (κ1) is 20.9. The van der Waals surface area contributed by atoms with E-state index in [0.29, 0.717) is 11.9 Å². The fourth-order valence-electron chi connectivity index (χ4n) is 6.19. The lowest BCUT2D eigenvalue weighted by atomic mass is 10.1. The monoisotopic (exact) mass is 449 g/mol. The van der Waals surface area contributed by atoms with Crippen LogP contribution >= 0.6 is 0 Å². The van der Waals surface area contributed by atoms with Crippen molar-refractivity contribution in [3.63, 3.8) is 0 Å². The predicted octanol–water partition coefficient (Wildman–Crippen LogP) is 4.07. The molecule has 0 bridgehead atoms. The van der Waals surface area contributed by atoms with E-state index >= 15 is 0 Å². The van der Waals surface area contributed by atoms with Crippen molar-refractivity contribution in [2.75, 3.05) is 29.9 Å². The topological polar surface area (TPSA) is 90.0 Å². The number of rotatable bonds is 5. The van der Waals surface area contributed by atoms with Gasteiger partial charge in [0, 0.05) is 36.8 Å². The van der Waals surface area contributed by atoms with E-state index in [0.717, 1.165) is 82.0 Å². The second kappa shape index (κ2) is 8.95. The number of imidazole rings is 1. The largest absolute Gasteiger partial charge is 0.341 e. The Labute approximate surface area is 195 Å². The number of hydrogen-bond donors (Lipinski definition) is 2. The van der Waals surface area contributed by atoms with Gasteiger partial charge in [0.05, 0.1) is 11.9 Å². The van der Waals surface area contributed by atoms with Gasteiger partial charge in [-0.15, -0.1) is 0 Å². The summed E-state index contributed by atoms with van der Waals surface area (Å²) in [6.45, 7) is 2.63. The molecule has 33 heavy (non-hydrogen) atoms. The van der Waals surface area contributed by atoms with Gasteiger partial charge >= 0.3 is 0 Å². The number of carbonyl (C=O) groups excluding carboxylic acids is 1. The minimum absolute atomic E-state index is 0.131.